The summed E-state index contributed by atoms with van der Waals surface area (Å²) < 4.78 is 16.6. The van der Waals surface area contributed by atoms with Crippen LogP contribution in [0.15, 0.2) is 0 Å². The maximum atomic E-state index is 11.3. The van der Waals surface area contributed by atoms with Gasteiger partial charge in [-0.1, -0.05) is 72.1 Å². The summed E-state index contributed by atoms with van der Waals surface area (Å²) in [5.74, 6) is 0. The fourth-order valence-corrected chi connectivity index (χ4v) is 3.41. The highest BCUT2D eigenvalue weighted by atomic mass is 31.2. The maximum Gasteiger partial charge on any atom is 0.470 e. The van der Waals surface area contributed by atoms with Crippen LogP contribution in [0.25, 0.3) is 0 Å². The number of phosphoric ester groups is 1. The van der Waals surface area contributed by atoms with E-state index in [-0.39, 0.29) is 0 Å². The van der Waals surface area contributed by atoms with Crippen molar-refractivity contribution in [2.75, 3.05) is 0 Å². The zero-order valence-corrected chi connectivity index (χ0v) is 14.3. The molecule has 2 N–H and O–H groups in total. The zero-order valence-electron chi connectivity index (χ0n) is 13.4. The molecule has 0 atom stereocenters. The van der Waals surface area contributed by atoms with Crippen molar-refractivity contribution in [2.24, 2.45) is 0 Å². The van der Waals surface area contributed by atoms with Gasteiger partial charge < -0.3 is 9.79 Å². The van der Waals surface area contributed by atoms with Gasteiger partial charge in [0.05, 0.1) is 5.60 Å². The minimum atomic E-state index is -4.42. The molecule has 4 nitrogen and oxygen atoms in total. The summed E-state index contributed by atoms with van der Waals surface area (Å²) in [7, 11) is -4.42. The average Bonchev–Trinajstić information content (AvgIpc) is 2.37. The number of unbranched alkanes of at least 4 members (excludes halogenated alkanes) is 5. The lowest BCUT2D eigenvalue weighted by molar-refractivity contribution is 0.00607. The van der Waals surface area contributed by atoms with Gasteiger partial charge in [-0.2, -0.15) is 0 Å². The van der Waals surface area contributed by atoms with E-state index in [9.17, 15) is 14.4 Å². The number of hydrogen-bond acceptors (Lipinski definition) is 2. The molecule has 0 unspecified atom stereocenters. The summed E-state index contributed by atoms with van der Waals surface area (Å²) in [6.07, 6.45) is 10.7. The first-order chi connectivity index (χ1) is 9.39. The SMILES string of the molecule is CCCCCCC(CCCC)(CCCC)OP(=O)(O)O. The molecule has 0 aliphatic rings. The van der Waals surface area contributed by atoms with Crippen molar-refractivity contribution in [3.63, 3.8) is 0 Å². The summed E-state index contributed by atoms with van der Waals surface area (Å²) in [5, 5.41) is 0. The molecule has 0 fully saturated rings. The molecule has 0 spiro atoms. The van der Waals surface area contributed by atoms with Gasteiger partial charge in [0, 0.05) is 0 Å². The molecule has 0 radical (unpaired) electrons. The molecular formula is C15H33O4P. The highest BCUT2D eigenvalue weighted by Crippen LogP contribution is 2.47. The highest BCUT2D eigenvalue weighted by molar-refractivity contribution is 7.46. The van der Waals surface area contributed by atoms with Crippen LogP contribution in [0, 0.1) is 0 Å². The molecule has 0 amide bonds. The minimum absolute atomic E-state index is 0.626. The van der Waals surface area contributed by atoms with Gasteiger partial charge in [0.25, 0.3) is 0 Å². The van der Waals surface area contributed by atoms with Gasteiger partial charge in [-0.3, -0.25) is 4.52 Å². The van der Waals surface area contributed by atoms with E-state index in [0.29, 0.717) is 0 Å². The predicted octanol–water partition coefficient (Wildman–Crippen LogP) is 5.19. The fourth-order valence-electron chi connectivity index (χ4n) is 2.64. The third-order valence-electron chi connectivity index (χ3n) is 3.77. The van der Waals surface area contributed by atoms with Gasteiger partial charge in [-0.25, -0.2) is 4.57 Å². The van der Waals surface area contributed by atoms with E-state index in [2.05, 4.69) is 20.8 Å². The average molecular weight is 308 g/mol. The smallest absolute Gasteiger partial charge is 0.303 e. The highest BCUT2D eigenvalue weighted by Gasteiger charge is 2.36. The van der Waals surface area contributed by atoms with Gasteiger partial charge in [0.1, 0.15) is 0 Å². The van der Waals surface area contributed by atoms with Crippen LogP contribution in [-0.2, 0) is 9.09 Å². The third-order valence-corrected chi connectivity index (χ3v) is 4.40. The van der Waals surface area contributed by atoms with Crippen molar-refractivity contribution in [3.8, 4) is 0 Å². The van der Waals surface area contributed by atoms with E-state index < -0.39 is 13.4 Å². The first-order valence-corrected chi connectivity index (χ1v) is 9.68. The second kappa shape index (κ2) is 10.8. The van der Waals surface area contributed by atoms with E-state index in [1.165, 1.54) is 6.42 Å². The summed E-state index contributed by atoms with van der Waals surface area (Å²) in [6, 6.07) is 0. The van der Waals surface area contributed by atoms with Crippen LogP contribution in [0.3, 0.4) is 0 Å². The molecule has 0 bridgehead atoms. The standard InChI is InChI=1S/C15H33O4P/c1-4-7-10-11-14-15(12-8-5-2,13-9-6-3)19-20(16,17)18/h4-14H2,1-3H3,(H2,16,17,18). The quantitative estimate of drug-likeness (QED) is 0.363. The lowest BCUT2D eigenvalue weighted by Gasteiger charge is -2.34. The van der Waals surface area contributed by atoms with Crippen molar-refractivity contribution in [1.29, 1.82) is 0 Å². The number of rotatable bonds is 13. The van der Waals surface area contributed by atoms with Crippen molar-refractivity contribution >= 4 is 7.82 Å². The molecular weight excluding hydrogens is 275 g/mol. The third kappa shape index (κ3) is 9.93. The van der Waals surface area contributed by atoms with E-state index in [0.717, 1.165) is 64.2 Å². The van der Waals surface area contributed by atoms with Crippen LogP contribution in [0.5, 0.6) is 0 Å². The van der Waals surface area contributed by atoms with Crippen LogP contribution >= 0.6 is 7.82 Å². The van der Waals surface area contributed by atoms with E-state index in [1.54, 1.807) is 0 Å². The second-order valence-corrected chi connectivity index (χ2v) is 6.95. The van der Waals surface area contributed by atoms with Crippen LogP contribution in [0.4, 0.5) is 0 Å². The monoisotopic (exact) mass is 308 g/mol. The molecule has 0 aromatic rings. The zero-order chi connectivity index (χ0) is 15.5. The first-order valence-electron chi connectivity index (χ1n) is 8.15. The molecule has 20 heavy (non-hydrogen) atoms. The Morgan fingerprint density at radius 3 is 1.65 bits per heavy atom. The normalized spacial score (nSPS) is 12.8. The van der Waals surface area contributed by atoms with Crippen LogP contribution in [0.2, 0.25) is 0 Å². The Morgan fingerprint density at radius 1 is 0.800 bits per heavy atom. The van der Waals surface area contributed by atoms with E-state index in [1.807, 2.05) is 0 Å². The molecule has 0 aromatic carbocycles. The van der Waals surface area contributed by atoms with Crippen LogP contribution < -0.4 is 0 Å². The first kappa shape index (κ1) is 20.1. The van der Waals surface area contributed by atoms with Crippen LogP contribution in [-0.4, -0.2) is 15.4 Å². The lowest BCUT2D eigenvalue weighted by atomic mass is 9.86. The van der Waals surface area contributed by atoms with Gasteiger partial charge in [0.2, 0.25) is 0 Å². The maximum absolute atomic E-state index is 11.3. The molecule has 0 rings (SSSR count). The Morgan fingerprint density at radius 2 is 1.25 bits per heavy atom. The summed E-state index contributed by atoms with van der Waals surface area (Å²) in [5.41, 5.74) is -0.626. The predicted molar refractivity (Wildman–Crippen MR) is 83.7 cm³/mol. The summed E-state index contributed by atoms with van der Waals surface area (Å²) >= 11 is 0. The van der Waals surface area contributed by atoms with Crippen molar-refractivity contribution in [1.82, 2.24) is 0 Å². The molecule has 0 saturated carbocycles. The van der Waals surface area contributed by atoms with Gasteiger partial charge in [-0.05, 0) is 19.3 Å². The minimum Gasteiger partial charge on any atom is -0.303 e. The van der Waals surface area contributed by atoms with Crippen LogP contribution in [0.1, 0.15) is 91.4 Å². The molecule has 122 valence electrons. The van der Waals surface area contributed by atoms with Crippen molar-refractivity contribution in [3.05, 3.63) is 0 Å². The van der Waals surface area contributed by atoms with E-state index >= 15 is 0 Å². The molecule has 0 aromatic heterocycles. The Kier molecular flexibility index (Phi) is 10.8. The Bertz CT molecular complexity index is 267. The van der Waals surface area contributed by atoms with Gasteiger partial charge >= 0.3 is 7.82 Å². The Labute approximate surface area is 124 Å². The molecule has 0 saturated heterocycles. The van der Waals surface area contributed by atoms with Crippen molar-refractivity contribution < 1.29 is 18.9 Å². The number of hydrogen-bond donors (Lipinski definition) is 2. The largest absolute Gasteiger partial charge is 0.470 e. The van der Waals surface area contributed by atoms with Gasteiger partial charge in [0.15, 0.2) is 0 Å². The topological polar surface area (TPSA) is 66.8 Å². The van der Waals surface area contributed by atoms with Crippen molar-refractivity contribution in [2.45, 2.75) is 97.0 Å². The fraction of sp³-hybridized carbons (Fsp3) is 1.00. The molecule has 0 heterocycles. The summed E-state index contributed by atoms with van der Waals surface area (Å²) in [4.78, 5) is 18.5. The Balaban J connectivity index is 4.73. The summed E-state index contributed by atoms with van der Waals surface area (Å²) in [6.45, 7) is 6.35. The molecule has 5 heteroatoms. The Hall–Kier alpha value is 0.110. The van der Waals surface area contributed by atoms with E-state index in [4.69, 9.17) is 4.52 Å². The molecule has 0 aliphatic carbocycles. The lowest BCUT2D eigenvalue weighted by Crippen LogP contribution is -2.32. The second-order valence-electron chi connectivity index (χ2n) is 5.78. The molecule has 0 aliphatic heterocycles. The number of phosphoric acid groups is 1. The van der Waals surface area contributed by atoms with Gasteiger partial charge in [-0.15, -0.1) is 0 Å².